The Hall–Kier alpha value is -0.120. The Bertz CT molecular complexity index is 236. The van der Waals surface area contributed by atoms with Gasteiger partial charge in [0.05, 0.1) is 5.60 Å². The molecule has 2 saturated heterocycles. The molecule has 0 unspecified atom stereocenters. The molecule has 0 bridgehead atoms. The molecule has 16 heavy (non-hydrogen) atoms. The maximum absolute atomic E-state index is 5.84. The van der Waals surface area contributed by atoms with Crippen LogP contribution in [0.1, 0.15) is 39.5 Å². The van der Waals surface area contributed by atoms with Crippen molar-refractivity contribution in [3.8, 4) is 0 Å². The lowest BCUT2D eigenvalue weighted by molar-refractivity contribution is -0.122. The molecule has 3 nitrogen and oxygen atoms in total. The molecule has 94 valence electrons. The van der Waals surface area contributed by atoms with Gasteiger partial charge in [-0.25, -0.2) is 0 Å². The maximum Gasteiger partial charge on any atom is 0.0632 e. The Morgan fingerprint density at radius 1 is 1.31 bits per heavy atom. The van der Waals surface area contributed by atoms with Gasteiger partial charge in [-0.2, -0.15) is 0 Å². The van der Waals surface area contributed by atoms with Crippen LogP contribution in [-0.4, -0.2) is 43.3 Å². The van der Waals surface area contributed by atoms with Gasteiger partial charge in [0.1, 0.15) is 0 Å². The molecule has 1 atom stereocenters. The van der Waals surface area contributed by atoms with Crippen molar-refractivity contribution in [2.45, 2.75) is 45.1 Å². The van der Waals surface area contributed by atoms with Crippen LogP contribution in [0.3, 0.4) is 0 Å². The van der Waals surface area contributed by atoms with Crippen molar-refractivity contribution < 1.29 is 4.74 Å². The lowest BCUT2D eigenvalue weighted by Gasteiger charge is -2.50. The highest BCUT2D eigenvalue weighted by Gasteiger charge is 2.42. The smallest absolute Gasteiger partial charge is 0.0632 e. The minimum atomic E-state index is 0.0734. The number of hydrogen-bond acceptors (Lipinski definition) is 3. The van der Waals surface area contributed by atoms with Crippen LogP contribution in [0.2, 0.25) is 0 Å². The van der Waals surface area contributed by atoms with Crippen LogP contribution in [0.25, 0.3) is 0 Å². The molecule has 3 heteroatoms. The van der Waals surface area contributed by atoms with Crippen molar-refractivity contribution in [1.82, 2.24) is 4.90 Å². The van der Waals surface area contributed by atoms with Gasteiger partial charge in [0.25, 0.3) is 0 Å². The Labute approximate surface area is 99.3 Å². The fourth-order valence-corrected chi connectivity index (χ4v) is 3.62. The maximum atomic E-state index is 5.84. The van der Waals surface area contributed by atoms with Crippen molar-refractivity contribution in [3.63, 3.8) is 0 Å². The van der Waals surface area contributed by atoms with Crippen LogP contribution in [0.15, 0.2) is 0 Å². The van der Waals surface area contributed by atoms with E-state index >= 15 is 0 Å². The zero-order valence-electron chi connectivity index (χ0n) is 10.8. The van der Waals surface area contributed by atoms with Crippen LogP contribution in [-0.2, 0) is 4.74 Å². The summed E-state index contributed by atoms with van der Waals surface area (Å²) in [5, 5.41) is 0. The van der Waals surface area contributed by atoms with E-state index in [1.54, 1.807) is 0 Å². The van der Waals surface area contributed by atoms with Crippen LogP contribution in [0, 0.1) is 5.41 Å². The number of nitrogens with zero attached hydrogens (tertiary/aromatic N) is 1. The molecule has 0 radical (unpaired) electrons. The highest BCUT2D eigenvalue weighted by Crippen LogP contribution is 2.44. The van der Waals surface area contributed by atoms with E-state index in [9.17, 15) is 0 Å². The lowest BCUT2D eigenvalue weighted by Crippen LogP contribution is -2.51. The van der Waals surface area contributed by atoms with Gasteiger partial charge in [0.2, 0.25) is 0 Å². The molecular weight excluding hydrogens is 200 g/mol. The van der Waals surface area contributed by atoms with Crippen molar-refractivity contribution in [3.05, 3.63) is 0 Å². The highest BCUT2D eigenvalue weighted by molar-refractivity contribution is 4.94. The molecule has 2 aliphatic heterocycles. The van der Waals surface area contributed by atoms with E-state index in [1.165, 1.54) is 38.8 Å². The predicted octanol–water partition coefficient (Wildman–Crippen LogP) is 1.62. The SMILES string of the molecule is CC1(C)C[C@@]2(CCCN(CCN)C2)CCO1. The number of rotatable bonds is 2. The quantitative estimate of drug-likeness (QED) is 0.777. The van der Waals surface area contributed by atoms with Gasteiger partial charge in [0, 0.05) is 26.2 Å². The molecule has 2 fully saturated rings. The summed E-state index contributed by atoms with van der Waals surface area (Å²) in [7, 11) is 0. The van der Waals surface area contributed by atoms with Gasteiger partial charge in [-0.15, -0.1) is 0 Å². The summed E-state index contributed by atoms with van der Waals surface area (Å²) in [6.45, 7) is 9.71. The molecule has 2 N–H and O–H groups in total. The Balaban J connectivity index is 2.00. The normalized spacial score (nSPS) is 35.4. The zero-order valence-corrected chi connectivity index (χ0v) is 10.8. The second kappa shape index (κ2) is 4.63. The van der Waals surface area contributed by atoms with Crippen molar-refractivity contribution in [2.75, 3.05) is 32.8 Å². The molecule has 2 heterocycles. The van der Waals surface area contributed by atoms with Crippen molar-refractivity contribution in [1.29, 1.82) is 0 Å². The Kier molecular flexibility index (Phi) is 3.57. The molecule has 0 aromatic rings. The third kappa shape index (κ3) is 2.76. The summed E-state index contributed by atoms with van der Waals surface area (Å²) in [6, 6.07) is 0. The summed E-state index contributed by atoms with van der Waals surface area (Å²) in [5.74, 6) is 0. The van der Waals surface area contributed by atoms with E-state index in [2.05, 4.69) is 18.7 Å². The zero-order chi connectivity index (χ0) is 11.6. The third-order valence-corrected chi connectivity index (χ3v) is 4.11. The van der Waals surface area contributed by atoms with Crippen molar-refractivity contribution in [2.24, 2.45) is 11.1 Å². The first kappa shape index (κ1) is 12.3. The molecule has 0 aromatic carbocycles. The van der Waals surface area contributed by atoms with Crippen molar-refractivity contribution >= 4 is 0 Å². The minimum absolute atomic E-state index is 0.0734. The number of nitrogens with two attached hydrogens (primary N) is 1. The molecule has 2 rings (SSSR count). The van der Waals surface area contributed by atoms with Crippen LogP contribution >= 0.6 is 0 Å². The molecule has 1 spiro atoms. The lowest BCUT2D eigenvalue weighted by atomic mass is 9.69. The number of hydrogen-bond donors (Lipinski definition) is 1. The van der Waals surface area contributed by atoms with Gasteiger partial charge in [-0.1, -0.05) is 0 Å². The second-order valence-corrected chi connectivity index (χ2v) is 6.20. The van der Waals surface area contributed by atoms with Gasteiger partial charge in [-0.05, 0) is 51.5 Å². The third-order valence-electron chi connectivity index (χ3n) is 4.11. The number of likely N-dealkylation sites (tertiary alicyclic amines) is 1. The van der Waals surface area contributed by atoms with E-state index in [4.69, 9.17) is 10.5 Å². The van der Waals surface area contributed by atoms with E-state index in [0.29, 0.717) is 5.41 Å². The molecule has 0 aliphatic carbocycles. The highest BCUT2D eigenvalue weighted by atomic mass is 16.5. The Morgan fingerprint density at radius 3 is 2.81 bits per heavy atom. The van der Waals surface area contributed by atoms with E-state index in [1.807, 2.05) is 0 Å². The van der Waals surface area contributed by atoms with Gasteiger partial charge in [-0.3, -0.25) is 0 Å². The molecule has 0 saturated carbocycles. The minimum Gasteiger partial charge on any atom is -0.376 e. The van der Waals surface area contributed by atoms with E-state index in [0.717, 1.165) is 19.7 Å². The first-order valence-electron chi connectivity index (χ1n) is 6.62. The van der Waals surface area contributed by atoms with Crippen LogP contribution < -0.4 is 5.73 Å². The number of ether oxygens (including phenoxy) is 1. The van der Waals surface area contributed by atoms with Gasteiger partial charge in [0.15, 0.2) is 0 Å². The molecule has 0 aromatic heterocycles. The summed E-state index contributed by atoms with van der Waals surface area (Å²) < 4.78 is 5.84. The van der Waals surface area contributed by atoms with Gasteiger partial charge < -0.3 is 15.4 Å². The summed E-state index contributed by atoms with van der Waals surface area (Å²) >= 11 is 0. The molecule has 0 amide bonds. The Morgan fingerprint density at radius 2 is 2.12 bits per heavy atom. The van der Waals surface area contributed by atoms with Crippen LogP contribution in [0.5, 0.6) is 0 Å². The second-order valence-electron chi connectivity index (χ2n) is 6.20. The average molecular weight is 226 g/mol. The fraction of sp³-hybridized carbons (Fsp3) is 1.00. The molecule has 2 aliphatic rings. The largest absolute Gasteiger partial charge is 0.376 e. The summed E-state index contributed by atoms with van der Waals surface area (Å²) in [6.07, 6.45) is 5.15. The monoisotopic (exact) mass is 226 g/mol. The summed E-state index contributed by atoms with van der Waals surface area (Å²) in [5.41, 5.74) is 6.25. The standard InChI is InChI=1S/C13H26N2O/c1-12(2)10-13(5-9-16-12)4-3-7-15(11-13)8-6-14/h3-11,14H2,1-2H3/t13-/m1/s1. The average Bonchev–Trinajstić information content (AvgIpc) is 2.16. The first-order valence-corrected chi connectivity index (χ1v) is 6.62. The predicted molar refractivity (Wildman–Crippen MR) is 66.4 cm³/mol. The van der Waals surface area contributed by atoms with E-state index in [-0.39, 0.29) is 5.60 Å². The van der Waals surface area contributed by atoms with Gasteiger partial charge >= 0.3 is 0 Å². The number of piperidine rings is 1. The summed E-state index contributed by atoms with van der Waals surface area (Å²) in [4.78, 5) is 2.55. The van der Waals surface area contributed by atoms with Crippen LogP contribution in [0.4, 0.5) is 0 Å². The van der Waals surface area contributed by atoms with E-state index < -0.39 is 0 Å². The first-order chi connectivity index (χ1) is 7.55. The fourth-order valence-electron chi connectivity index (χ4n) is 3.62. The molecular formula is C13H26N2O. The topological polar surface area (TPSA) is 38.5 Å².